The average molecular weight is 508 g/mol. The van der Waals surface area contributed by atoms with E-state index in [9.17, 15) is 4.79 Å². The minimum atomic E-state index is -0.385. The number of carbonyl (C=O) groups excluding carboxylic acids is 1. The molecule has 0 bridgehead atoms. The van der Waals surface area contributed by atoms with E-state index >= 15 is 0 Å². The van der Waals surface area contributed by atoms with E-state index in [1.165, 1.54) is 0 Å². The van der Waals surface area contributed by atoms with Gasteiger partial charge in [-0.3, -0.25) is 10.2 Å². The summed E-state index contributed by atoms with van der Waals surface area (Å²) in [5.74, 6) is -0.385. The molecule has 0 aromatic heterocycles. The number of carbonyl (C=O) groups is 1. The van der Waals surface area contributed by atoms with Crippen molar-refractivity contribution in [2.75, 3.05) is 5.43 Å². The minimum absolute atomic E-state index is 0.385. The SMILES string of the molecule is C/C(=N\NC(=O)c1cccc(N/N=C(\C)c2cc(Cl)ccc2Cl)c1)c1cc(Cl)ccc1Cl. The summed E-state index contributed by atoms with van der Waals surface area (Å²) in [6, 6.07) is 17.0. The van der Waals surface area contributed by atoms with Gasteiger partial charge in [0.15, 0.2) is 0 Å². The first kappa shape index (κ1) is 24.1. The minimum Gasteiger partial charge on any atom is -0.278 e. The Hall–Kier alpha value is -2.57. The standard InChI is InChI=1S/C23H18Cl4N4O/c1-13(19-11-16(24)6-8-21(19)26)28-30-18-5-3-4-15(10-18)23(32)31-29-14(2)20-12-17(25)7-9-22(20)27/h3-12,30H,1-2H3,(H,31,32)/b28-13+,29-14+. The van der Waals surface area contributed by atoms with E-state index in [-0.39, 0.29) is 5.91 Å². The van der Waals surface area contributed by atoms with E-state index in [0.29, 0.717) is 53.9 Å². The first-order chi connectivity index (χ1) is 15.2. The second-order valence-corrected chi connectivity index (χ2v) is 8.46. The molecule has 0 fully saturated rings. The lowest BCUT2D eigenvalue weighted by molar-refractivity contribution is 0.0955. The van der Waals surface area contributed by atoms with Crippen LogP contribution in [0.4, 0.5) is 5.69 Å². The van der Waals surface area contributed by atoms with Crippen LogP contribution in [-0.2, 0) is 0 Å². The van der Waals surface area contributed by atoms with E-state index in [4.69, 9.17) is 46.4 Å². The van der Waals surface area contributed by atoms with Gasteiger partial charge in [-0.2, -0.15) is 10.2 Å². The van der Waals surface area contributed by atoms with Crippen LogP contribution in [-0.4, -0.2) is 17.3 Å². The van der Waals surface area contributed by atoms with Crippen LogP contribution >= 0.6 is 46.4 Å². The third-order valence-electron chi connectivity index (χ3n) is 4.44. The van der Waals surface area contributed by atoms with Crippen molar-refractivity contribution in [2.45, 2.75) is 13.8 Å². The third kappa shape index (κ3) is 6.24. The summed E-state index contributed by atoms with van der Waals surface area (Å²) >= 11 is 24.4. The van der Waals surface area contributed by atoms with Gasteiger partial charge in [0, 0.05) is 36.8 Å². The molecule has 0 saturated carbocycles. The molecular weight excluding hydrogens is 490 g/mol. The van der Waals surface area contributed by atoms with Gasteiger partial charge in [0.25, 0.3) is 5.91 Å². The summed E-state index contributed by atoms with van der Waals surface area (Å²) in [6.07, 6.45) is 0. The maximum Gasteiger partial charge on any atom is 0.271 e. The fourth-order valence-corrected chi connectivity index (χ4v) is 3.60. The second kappa shape index (κ2) is 10.8. The quantitative estimate of drug-likeness (QED) is 0.271. The van der Waals surface area contributed by atoms with Crippen LogP contribution in [0.5, 0.6) is 0 Å². The molecule has 0 aliphatic rings. The number of hydrogen-bond acceptors (Lipinski definition) is 4. The Labute approximate surface area is 206 Å². The van der Waals surface area contributed by atoms with Gasteiger partial charge in [-0.25, -0.2) is 5.43 Å². The van der Waals surface area contributed by atoms with Crippen molar-refractivity contribution in [3.63, 3.8) is 0 Å². The van der Waals surface area contributed by atoms with Gasteiger partial charge < -0.3 is 0 Å². The molecule has 2 N–H and O–H groups in total. The predicted molar refractivity (Wildman–Crippen MR) is 135 cm³/mol. The van der Waals surface area contributed by atoms with Crippen LogP contribution in [0.2, 0.25) is 20.1 Å². The average Bonchev–Trinajstić information content (AvgIpc) is 2.79. The molecule has 3 rings (SSSR count). The summed E-state index contributed by atoms with van der Waals surface area (Å²) in [5.41, 5.74) is 9.00. The van der Waals surface area contributed by atoms with Gasteiger partial charge in [-0.15, -0.1) is 0 Å². The molecule has 0 spiro atoms. The Kier molecular flexibility index (Phi) is 8.15. The highest BCUT2D eigenvalue weighted by molar-refractivity contribution is 6.36. The van der Waals surface area contributed by atoms with Crippen molar-refractivity contribution in [2.24, 2.45) is 10.2 Å². The van der Waals surface area contributed by atoms with E-state index in [1.54, 1.807) is 74.5 Å². The van der Waals surface area contributed by atoms with Gasteiger partial charge in [-0.1, -0.05) is 52.5 Å². The molecule has 9 heteroatoms. The summed E-state index contributed by atoms with van der Waals surface area (Å²) in [7, 11) is 0. The van der Waals surface area contributed by atoms with Crippen molar-refractivity contribution < 1.29 is 4.79 Å². The molecule has 0 unspecified atom stereocenters. The van der Waals surface area contributed by atoms with Crippen LogP contribution < -0.4 is 10.9 Å². The summed E-state index contributed by atoms with van der Waals surface area (Å²) < 4.78 is 0. The number of amides is 1. The maximum atomic E-state index is 12.6. The lowest BCUT2D eigenvalue weighted by Crippen LogP contribution is -2.19. The summed E-state index contributed by atoms with van der Waals surface area (Å²) in [4.78, 5) is 12.6. The van der Waals surface area contributed by atoms with Crippen molar-refractivity contribution in [3.05, 3.63) is 97.4 Å². The topological polar surface area (TPSA) is 65.8 Å². The molecule has 1 amide bonds. The zero-order valence-electron chi connectivity index (χ0n) is 17.1. The monoisotopic (exact) mass is 506 g/mol. The first-order valence-electron chi connectivity index (χ1n) is 9.40. The molecule has 5 nitrogen and oxygen atoms in total. The van der Waals surface area contributed by atoms with Crippen LogP contribution in [0.1, 0.15) is 35.3 Å². The molecule has 0 aliphatic carbocycles. The van der Waals surface area contributed by atoms with E-state index in [1.807, 2.05) is 0 Å². The Morgan fingerprint density at radius 2 is 1.31 bits per heavy atom. The summed E-state index contributed by atoms with van der Waals surface area (Å²) in [6.45, 7) is 3.54. The Morgan fingerprint density at radius 1 is 0.750 bits per heavy atom. The highest BCUT2D eigenvalue weighted by atomic mass is 35.5. The third-order valence-corrected chi connectivity index (χ3v) is 5.57. The van der Waals surface area contributed by atoms with Crippen molar-refractivity contribution in [1.29, 1.82) is 0 Å². The molecular formula is C23H18Cl4N4O. The smallest absolute Gasteiger partial charge is 0.271 e. The molecule has 3 aromatic rings. The normalized spacial score (nSPS) is 11.9. The number of nitrogens with one attached hydrogen (secondary N) is 2. The van der Waals surface area contributed by atoms with Crippen LogP contribution in [0.15, 0.2) is 70.9 Å². The van der Waals surface area contributed by atoms with Gasteiger partial charge in [-0.05, 0) is 68.4 Å². The Balaban J connectivity index is 1.72. The molecule has 0 atom stereocenters. The number of benzene rings is 3. The maximum absolute atomic E-state index is 12.6. The largest absolute Gasteiger partial charge is 0.278 e. The van der Waals surface area contributed by atoms with Gasteiger partial charge in [0.2, 0.25) is 0 Å². The Bertz CT molecular complexity index is 1220. The van der Waals surface area contributed by atoms with E-state index in [2.05, 4.69) is 21.1 Å². The predicted octanol–water partition coefficient (Wildman–Crippen LogP) is 7.29. The molecule has 0 radical (unpaired) electrons. The lowest BCUT2D eigenvalue weighted by atomic mass is 10.1. The number of nitrogens with zero attached hydrogens (tertiary/aromatic N) is 2. The van der Waals surface area contributed by atoms with E-state index in [0.717, 1.165) is 0 Å². The van der Waals surface area contributed by atoms with Gasteiger partial charge >= 0.3 is 0 Å². The number of hydrogen-bond donors (Lipinski definition) is 2. The zero-order valence-corrected chi connectivity index (χ0v) is 20.1. The van der Waals surface area contributed by atoms with Crippen molar-refractivity contribution in [3.8, 4) is 0 Å². The number of hydrazone groups is 2. The number of halogens is 4. The number of anilines is 1. The first-order valence-corrected chi connectivity index (χ1v) is 10.9. The van der Waals surface area contributed by atoms with Crippen LogP contribution in [0.25, 0.3) is 0 Å². The van der Waals surface area contributed by atoms with Gasteiger partial charge in [0.1, 0.15) is 0 Å². The second-order valence-electron chi connectivity index (χ2n) is 6.78. The van der Waals surface area contributed by atoms with Gasteiger partial charge in [0.05, 0.1) is 17.1 Å². The fourth-order valence-electron chi connectivity index (χ4n) is 2.75. The molecule has 3 aromatic carbocycles. The van der Waals surface area contributed by atoms with Crippen molar-refractivity contribution in [1.82, 2.24) is 5.43 Å². The van der Waals surface area contributed by atoms with Crippen LogP contribution in [0.3, 0.4) is 0 Å². The lowest BCUT2D eigenvalue weighted by Gasteiger charge is -2.08. The van der Waals surface area contributed by atoms with Crippen LogP contribution in [0, 0.1) is 0 Å². The summed E-state index contributed by atoms with van der Waals surface area (Å²) in [5, 5.41) is 10.6. The fraction of sp³-hybridized carbons (Fsp3) is 0.0870. The highest BCUT2D eigenvalue weighted by Crippen LogP contribution is 2.22. The molecule has 0 heterocycles. The zero-order chi connectivity index (χ0) is 23.3. The van der Waals surface area contributed by atoms with E-state index < -0.39 is 0 Å². The Morgan fingerprint density at radius 3 is 1.91 bits per heavy atom. The highest BCUT2D eigenvalue weighted by Gasteiger charge is 2.09. The van der Waals surface area contributed by atoms with Crippen molar-refractivity contribution >= 4 is 69.4 Å². The molecule has 164 valence electrons. The molecule has 0 aliphatic heterocycles. The molecule has 32 heavy (non-hydrogen) atoms. The molecule has 0 saturated heterocycles. The number of rotatable bonds is 6.